The van der Waals surface area contributed by atoms with E-state index in [1.54, 1.807) is 0 Å². The molecule has 1 aromatic heterocycles. The molecule has 4 heteroatoms. The fourth-order valence-electron chi connectivity index (χ4n) is 3.31. The molecule has 0 atom stereocenters. The Morgan fingerprint density at radius 2 is 1.25 bits per heavy atom. The number of nitrogens with one attached hydrogen (secondary N) is 1. The normalized spacial score (nSPS) is 11.1. The summed E-state index contributed by atoms with van der Waals surface area (Å²) in [4.78, 5) is 1.36. The van der Waals surface area contributed by atoms with Gasteiger partial charge in [0.15, 0.2) is 6.54 Å². The van der Waals surface area contributed by atoms with Gasteiger partial charge in [0, 0.05) is 16.7 Å². The van der Waals surface area contributed by atoms with Crippen molar-refractivity contribution in [2.45, 2.75) is 26.6 Å². The number of aryl methyl sites for hydroxylation is 1. The Bertz CT molecular complexity index is 953. The van der Waals surface area contributed by atoms with Crippen LogP contribution in [0.5, 0.6) is 0 Å². The predicted octanol–water partition coefficient (Wildman–Crippen LogP) is 3.83. The fourth-order valence-corrected chi connectivity index (χ4v) is 3.31. The molecule has 0 saturated carbocycles. The van der Waals surface area contributed by atoms with Crippen LogP contribution in [0.4, 0.5) is 0 Å². The van der Waals surface area contributed by atoms with E-state index in [1.807, 2.05) is 24.3 Å². The quantitative estimate of drug-likeness (QED) is 0.538. The minimum atomic E-state index is 0.578. The molecule has 1 N–H and O–H groups in total. The molecule has 0 aliphatic heterocycles. The molecule has 28 heavy (non-hydrogen) atoms. The van der Waals surface area contributed by atoms with Gasteiger partial charge >= 0.3 is 0 Å². The second kappa shape index (κ2) is 8.63. The Balaban J connectivity index is 1.52. The van der Waals surface area contributed by atoms with E-state index in [0.717, 1.165) is 18.7 Å². The first-order chi connectivity index (χ1) is 13.8. The lowest BCUT2D eigenvalue weighted by Crippen LogP contribution is -3.08. The topological polar surface area (TPSA) is 43.4 Å². The van der Waals surface area contributed by atoms with Gasteiger partial charge in [0.1, 0.15) is 13.1 Å². The molecule has 1 heterocycles. The molecular formula is C24H24N3O+. The number of quaternary nitrogens is 1. The third-order valence-corrected chi connectivity index (χ3v) is 4.76. The minimum absolute atomic E-state index is 0.578. The van der Waals surface area contributed by atoms with Crippen LogP contribution in [0, 0.1) is 6.92 Å². The number of benzene rings is 3. The van der Waals surface area contributed by atoms with E-state index < -0.39 is 0 Å². The van der Waals surface area contributed by atoms with E-state index >= 15 is 0 Å². The van der Waals surface area contributed by atoms with Crippen LogP contribution in [0.2, 0.25) is 0 Å². The molecule has 0 fully saturated rings. The van der Waals surface area contributed by atoms with Crippen LogP contribution in [0.15, 0.2) is 89.3 Å². The van der Waals surface area contributed by atoms with E-state index in [1.165, 1.54) is 21.6 Å². The maximum absolute atomic E-state index is 5.97. The number of nitrogens with zero attached hydrogens (tertiary/aromatic N) is 2. The summed E-state index contributed by atoms with van der Waals surface area (Å²) in [7, 11) is 0. The molecule has 0 bridgehead atoms. The van der Waals surface area contributed by atoms with Crippen LogP contribution in [0.1, 0.15) is 22.6 Å². The van der Waals surface area contributed by atoms with Crippen molar-refractivity contribution in [3.05, 3.63) is 108 Å². The fraction of sp³-hybridized carbons (Fsp3) is 0.167. The Labute approximate surface area is 165 Å². The molecule has 4 aromatic rings. The molecule has 0 aliphatic carbocycles. The Morgan fingerprint density at radius 1 is 0.679 bits per heavy atom. The smallest absolute Gasteiger partial charge is 0.271 e. The van der Waals surface area contributed by atoms with Gasteiger partial charge in [0.2, 0.25) is 5.89 Å². The first-order valence-electron chi connectivity index (χ1n) is 9.57. The lowest BCUT2D eigenvalue weighted by Gasteiger charge is -2.18. The zero-order chi connectivity index (χ0) is 19.2. The SMILES string of the molecule is Cc1ccc(-c2nnc(C[NH+](Cc3ccccc3)Cc3ccccc3)o2)cc1. The lowest BCUT2D eigenvalue weighted by molar-refractivity contribution is -0.942. The summed E-state index contributed by atoms with van der Waals surface area (Å²) in [6, 6.07) is 29.2. The number of hydrogen-bond acceptors (Lipinski definition) is 3. The van der Waals surface area contributed by atoms with Crippen molar-refractivity contribution in [2.75, 3.05) is 0 Å². The molecule has 4 rings (SSSR count). The third-order valence-electron chi connectivity index (χ3n) is 4.76. The molecule has 0 unspecified atom stereocenters. The summed E-state index contributed by atoms with van der Waals surface area (Å²) in [5.41, 5.74) is 4.76. The average Bonchev–Trinajstić information content (AvgIpc) is 3.18. The summed E-state index contributed by atoms with van der Waals surface area (Å²) in [5.74, 6) is 1.24. The zero-order valence-electron chi connectivity index (χ0n) is 16.0. The van der Waals surface area contributed by atoms with Crippen molar-refractivity contribution in [1.29, 1.82) is 0 Å². The number of hydrogen-bond donors (Lipinski definition) is 1. The monoisotopic (exact) mass is 370 g/mol. The molecular weight excluding hydrogens is 346 g/mol. The summed E-state index contributed by atoms with van der Waals surface area (Å²) in [6.45, 7) is 4.55. The van der Waals surface area contributed by atoms with Crippen LogP contribution < -0.4 is 4.90 Å². The second-order valence-electron chi connectivity index (χ2n) is 7.12. The Hall–Kier alpha value is -3.24. The summed E-state index contributed by atoms with van der Waals surface area (Å²) < 4.78 is 5.97. The van der Waals surface area contributed by atoms with Gasteiger partial charge in [-0.25, -0.2) is 0 Å². The zero-order valence-corrected chi connectivity index (χ0v) is 16.0. The largest absolute Gasteiger partial charge is 0.415 e. The van der Waals surface area contributed by atoms with Gasteiger partial charge in [0.05, 0.1) is 0 Å². The standard InChI is InChI=1S/C24H23N3O/c1-19-12-14-22(15-13-19)24-26-25-23(28-24)18-27(16-20-8-4-2-5-9-20)17-21-10-6-3-7-11-21/h2-15H,16-18H2,1H3/p+1. The van der Waals surface area contributed by atoms with Gasteiger partial charge in [-0.15, -0.1) is 10.2 Å². The van der Waals surface area contributed by atoms with E-state index in [0.29, 0.717) is 18.3 Å². The van der Waals surface area contributed by atoms with E-state index in [-0.39, 0.29) is 0 Å². The van der Waals surface area contributed by atoms with Gasteiger partial charge in [-0.2, -0.15) is 0 Å². The van der Waals surface area contributed by atoms with Crippen LogP contribution in [0.3, 0.4) is 0 Å². The van der Waals surface area contributed by atoms with Gasteiger partial charge in [-0.1, -0.05) is 78.4 Å². The van der Waals surface area contributed by atoms with Gasteiger partial charge in [-0.3, -0.25) is 0 Å². The summed E-state index contributed by atoms with van der Waals surface area (Å²) >= 11 is 0. The highest BCUT2D eigenvalue weighted by Gasteiger charge is 2.17. The molecule has 0 amide bonds. The van der Waals surface area contributed by atoms with Gasteiger partial charge in [0.25, 0.3) is 5.89 Å². The maximum atomic E-state index is 5.97. The molecule has 0 aliphatic rings. The molecule has 140 valence electrons. The van der Waals surface area contributed by atoms with E-state index in [9.17, 15) is 0 Å². The van der Waals surface area contributed by atoms with Crippen LogP contribution in [0.25, 0.3) is 11.5 Å². The van der Waals surface area contributed by atoms with Gasteiger partial charge in [-0.05, 0) is 19.1 Å². The molecule has 4 nitrogen and oxygen atoms in total. The molecule has 0 radical (unpaired) electrons. The van der Waals surface area contributed by atoms with Crippen molar-refractivity contribution in [1.82, 2.24) is 10.2 Å². The molecule has 0 saturated heterocycles. The van der Waals surface area contributed by atoms with Gasteiger partial charge < -0.3 is 9.32 Å². The summed E-state index contributed by atoms with van der Waals surface area (Å²) in [6.07, 6.45) is 0. The van der Waals surface area contributed by atoms with Crippen LogP contribution >= 0.6 is 0 Å². The average molecular weight is 370 g/mol. The Morgan fingerprint density at radius 3 is 1.82 bits per heavy atom. The predicted molar refractivity (Wildman–Crippen MR) is 109 cm³/mol. The number of rotatable bonds is 7. The highest BCUT2D eigenvalue weighted by Crippen LogP contribution is 2.18. The van der Waals surface area contributed by atoms with E-state index in [4.69, 9.17) is 4.42 Å². The minimum Gasteiger partial charge on any atom is -0.415 e. The highest BCUT2D eigenvalue weighted by molar-refractivity contribution is 5.52. The highest BCUT2D eigenvalue weighted by atomic mass is 16.4. The summed E-state index contributed by atoms with van der Waals surface area (Å²) in [5, 5.41) is 8.55. The first-order valence-corrected chi connectivity index (χ1v) is 9.57. The van der Waals surface area contributed by atoms with Crippen molar-refractivity contribution in [3.8, 4) is 11.5 Å². The number of aromatic nitrogens is 2. The van der Waals surface area contributed by atoms with E-state index in [2.05, 4.69) is 77.8 Å². The van der Waals surface area contributed by atoms with Crippen LogP contribution in [-0.4, -0.2) is 10.2 Å². The Kier molecular flexibility index (Phi) is 5.59. The van der Waals surface area contributed by atoms with Crippen molar-refractivity contribution < 1.29 is 9.32 Å². The van der Waals surface area contributed by atoms with Crippen molar-refractivity contribution in [3.63, 3.8) is 0 Å². The maximum Gasteiger partial charge on any atom is 0.271 e. The second-order valence-corrected chi connectivity index (χ2v) is 7.12. The third kappa shape index (κ3) is 4.72. The van der Waals surface area contributed by atoms with Crippen molar-refractivity contribution in [2.24, 2.45) is 0 Å². The molecule has 0 spiro atoms. The first kappa shape index (κ1) is 18.1. The van der Waals surface area contributed by atoms with Crippen LogP contribution in [-0.2, 0) is 19.6 Å². The molecule has 3 aromatic carbocycles. The van der Waals surface area contributed by atoms with Crippen molar-refractivity contribution >= 4 is 0 Å². The lowest BCUT2D eigenvalue weighted by atomic mass is 10.1.